The summed E-state index contributed by atoms with van der Waals surface area (Å²) in [7, 11) is 0. The lowest BCUT2D eigenvalue weighted by atomic mass is 9.48. The highest BCUT2D eigenvalue weighted by Gasteiger charge is 2.71. The zero-order valence-corrected chi connectivity index (χ0v) is 12.1. The molecule has 1 saturated carbocycles. The molecule has 20 heavy (non-hydrogen) atoms. The van der Waals surface area contributed by atoms with E-state index in [0.29, 0.717) is 6.61 Å². The molecule has 3 N–H and O–H groups in total. The van der Waals surface area contributed by atoms with Crippen LogP contribution in [0.15, 0.2) is 12.3 Å². The zero-order chi connectivity index (χ0) is 14.5. The molecular weight excluding hydrogens is 280 g/mol. The second-order valence-corrected chi connectivity index (χ2v) is 6.32. The molecular formula is C13H17ClN4O2. The Hall–Kier alpha value is -1.24. The van der Waals surface area contributed by atoms with Crippen LogP contribution in [-0.4, -0.2) is 34.1 Å². The Balaban J connectivity index is 1.83. The van der Waals surface area contributed by atoms with Crippen molar-refractivity contribution < 1.29 is 9.53 Å². The molecule has 1 aliphatic carbocycles. The molecule has 108 valence electrons. The van der Waals surface area contributed by atoms with Gasteiger partial charge in [-0.2, -0.15) is 0 Å². The Bertz CT molecular complexity index is 565. The van der Waals surface area contributed by atoms with Crippen molar-refractivity contribution in [3.63, 3.8) is 0 Å². The summed E-state index contributed by atoms with van der Waals surface area (Å²) in [5, 5.41) is 2.94. The number of nitrogens with two attached hydrogens (primary N) is 1. The Morgan fingerprint density at radius 1 is 1.60 bits per heavy atom. The number of fused-ring (bicyclic) bond motifs is 1. The van der Waals surface area contributed by atoms with Gasteiger partial charge >= 0.3 is 0 Å². The molecule has 0 bridgehead atoms. The lowest BCUT2D eigenvalue weighted by Gasteiger charge is -2.60. The van der Waals surface area contributed by atoms with Crippen molar-refractivity contribution in [2.75, 3.05) is 11.9 Å². The lowest BCUT2D eigenvalue weighted by Crippen LogP contribution is -2.79. The number of carbonyl (C=O) groups excluding carboxylic acids is 1. The van der Waals surface area contributed by atoms with Crippen molar-refractivity contribution in [1.29, 1.82) is 0 Å². The molecule has 1 amide bonds. The molecule has 1 saturated heterocycles. The van der Waals surface area contributed by atoms with E-state index >= 15 is 0 Å². The maximum Gasteiger partial charge on any atom is 0.247 e. The second-order valence-electron chi connectivity index (χ2n) is 5.93. The van der Waals surface area contributed by atoms with Crippen LogP contribution in [0.3, 0.4) is 0 Å². The molecule has 6 nitrogen and oxygen atoms in total. The van der Waals surface area contributed by atoms with Crippen LogP contribution in [0.1, 0.15) is 20.3 Å². The fraction of sp³-hybridized carbons (Fsp3) is 0.615. The predicted octanol–water partition coefficient (Wildman–Crippen LogP) is 1.21. The number of nitrogens with one attached hydrogen (secondary N) is 1. The largest absolute Gasteiger partial charge is 0.377 e. The first-order valence-corrected chi connectivity index (χ1v) is 6.95. The third kappa shape index (κ3) is 1.68. The average Bonchev–Trinajstić information content (AvgIpc) is 2.85. The average molecular weight is 297 g/mol. The van der Waals surface area contributed by atoms with Crippen molar-refractivity contribution in [2.24, 2.45) is 17.1 Å². The maximum atomic E-state index is 12.6. The molecule has 0 radical (unpaired) electrons. The molecule has 3 rings (SSSR count). The summed E-state index contributed by atoms with van der Waals surface area (Å²) in [6.45, 7) is 4.56. The van der Waals surface area contributed by atoms with Crippen molar-refractivity contribution in [1.82, 2.24) is 9.97 Å². The SMILES string of the molecule is CC1(C)C2OCCC2C1(N)C(=O)Nc1nccc(Cl)n1. The van der Waals surface area contributed by atoms with E-state index < -0.39 is 11.0 Å². The van der Waals surface area contributed by atoms with Crippen LogP contribution in [-0.2, 0) is 9.53 Å². The van der Waals surface area contributed by atoms with Gasteiger partial charge in [-0.3, -0.25) is 10.1 Å². The predicted molar refractivity (Wildman–Crippen MR) is 74.2 cm³/mol. The Morgan fingerprint density at radius 3 is 3.05 bits per heavy atom. The number of ether oxygens (including phenoxy) is 1. The van der Waals surface area contributed by atoms with Crippen LogP contribution in [0.25, 0.3) is 0 Å². The third-order valence-corrected chi connectivity index (χ3v) is 4.89. The molecule has 2 heterocycles. The summed E-state index contributed by atoms with van der Waals surface area (Å²) in [6, 6.07) is 1.55. The van der Waals surface area contributed by atoms with Gasteiger partial charge < -0.3 is 10.5 Å². The fourth-order valence-corrected chi connectivity index (χ4v) is 3.58. The molecule has 0 spiro atoms. The van der Waals surface area contributed by atoms with Crippen molar-refractivity contribution in [3.05, 3.63) is 17.4 Å². The molecule has 3 unspecified atom stereocenters. The van der Waals surface area contributed by atoms with Gasteiger partial charge in [0.15, 0.2) is 0 Å². The normalized spacial score (nSPS) is 34.2. The van der Waals surface area contributed by atoms with E-state index in [2.05, 4.69) is 15.3 Å². The summed E-state index contributed by atoms with van der Waals surface area (Å²) in [5.74, 6) is -0.0707. The van der Waals surface area contributed by atoms with Crippen LogP contribution in [0.4, 0.5) is 5.95 Å². The number of nitrogens with zero attached hydrogens (tertiary/aromatic N) is 2. The number of aromatic nitrogens is 2. The molecule has 2 fully saturated rings. The number of halogens is 1. The van der Waals surface area contributed by atoms with E-state index in [9.17, 15) is 4.79 Å². The summed E-state index contributed by atoms with van der Waals surface area (Å²) in [6.07, 6.45) is 2.33. The van der Waals surface area contributed by atoms with Crippen LogP contribution in [0.5, 0.6) is 0 Å². The van der Waals surface area contributed by atoms with Gasteiger partial charge in [0.1, 0.15) is 10.7 Å². The Morgan fingerprint density at radius 2 is 2.35 bits per heavy atom. The summed E-state index contributed by atoms with van der Waals surface area (Å²) in [5.41, 5.74) is 5.02. The number of hydrogen-bond donors (Lipinski definition) is 2. The van der Waals surface area contributed by atoms with Crippen LogP contribution >= 0.6 is 11.6 Å². The van der Waals surface area contributed by atoms with Gasteiger partial charge in [-0.1, -0.05) is 25.4 Å². The maximum absolute atomic E-state index is 12.6. The van der Waals surface area contributed by atoms with Crippen molar-refractivity contribution in [2.45, 2.75) is 31.9 Å². The Labute approximate surface area is 122 Å². The highest BCUT2D eigenvalue weighted by molar-refractivity contribution is 6.29. The first-order valence-electron chi connectivity index (χ1n) is 6.58. The lowest BCUT2D eigenvalue weighted by molar-refractivity contribution is -0.170. The van der Waals surface area contributed by atoms with Gasteiger partial charge in [-0.25, -0.2) is 9.97 Å². The molecule has 3 atom stereocenters. The van der Waals surface area contributed by atoms with E-state index in [0.717, 1.165) is 6.42 Å². The molecule has 1 aliphatic heterocycles. The number of carbonyl (C=O) groups is 1. The van der Waals surface area contributed by atoms with Gasteiger partial charge in [-0.15, -0.1) is 0 Å². The summed E-state index contributed by atoms with van der Waals surface area (Å²) < 4.78 is 5.67. The van der Waals surface area contributed by atoms with Gasteiger partial charge in [0.05, 0.1) is 6.10 Å². The summed E-state index contributed by atoms with van der Waals surface area (Å²) in [4.78, 5) is 20.5. The first kappa shape index (κ1) is 13.7. The monoisotopic (exact) mass is 296 g/mol. The molecule has 1 aromatic heterocycles. The summed E-state index contributed by atoms with van der Waals surface area (Å²) >= 11 is 5.78. The number of anilines is 1. The van der Waals surface area contributed by atoms with E-state index in [1.807, 2.05) is 13.8 Å². The van der Waals surface area contributed by atoms with Crippen molar-refractivity contribution >= 4 is 23.5 Å². The molecule has 2 aliphatic rings. The van der Waals surface area contributed by atoms with Crippen molar-refractivity contribution in [3.8, 4) is 0 Å². The highest BCUT2D eigenvalue weighted by Crippen LogP contribution is 2.58. The van der Waals surface area contributed by atoms with E-state index in [4.69, 9.17) is 22.1 Å². The quantitative estimate of drug-likeness (QED) is 0.801. The number of hydrogen-bond acceptors (Lipinski definition) is 5. The van der Waals surface area contributed by atoms with Crippen LogP contribution < -0.4 is 11.1 Å². The number of rotatable bonds is 2. The van der Waals surface area contributed by atoms with Gasteiger partial charge in [0, 0.05) is 24.1 Å². The minimum Gasteiger partial charge on any atom is -0.377 e. The number of amides is 1. The van der Waals surface area contributed by atoms with Crippen LogP contribution in [0, 0.1) is 11.3 Å². The first-order chi connectivity index (χ1) is 9.37. The second kappa shape index (κ2) is 4.38. The smallest absolute Gasteiger partial charge is 0.247 e. The van der Waals surface area contributed by atoms with E-state index in [1.165, 1.54) is 6.20 Å². The minimum atomic E-state index is -0.972. The van der Waals surface area contributed by atoms with Gasteiger partial charge in [0.25, 0.3) is 0 Å². The fourth-order valence-electron chi connectivity index (χ4n) is 3.45. The standard InChI is InChI=1S/C13H17ClN4O2/c1-12(2)9-7(4-6-20-9)13(12,15)10(19)18-11-16-5-3-8(14)17-11/h3,5,7,9H,4,6,15H2,1-2H3,(H,16,17,18,19). The highest BCUT2D eigenvalue weighted by atomic mass is 35.5. The Kier molecular flexibility index (Phi) is 3.00. The minimum absolute atomic E-state index is 0.0386. The van der Waals surface area contributed by atoms with Crippen LogP contribution in [0.2, 0.25) is 5.15 Å². The van der Waals surface area contributed by atoms with E-state index in [-0.39, 0.29) is 29.0 Å². The zero-order valence-electron chi connectivity index (χ0n) is 11.4. The van der Waals surface area contributed by atoms with Gasteiger partial charge in [0.2, 0.25) is 11.9 Å². The molecule has 0 aromatic carbocycles. The van der Waals surface area contributed by atoms with E-state index in [1.54, 1.807) is 6.07 Å². The third-order valence-electron chi connectivity index (χ3n) is 4.68. The van der Waals surface area contributed by atoms with Gasteiger partial charge in [-0.05, 0) is 12.5 Å². The topological polar surface area (TPSA) is 90.1 Å². The molecule has 7 heteroatoms. The molecule has 1 aromatic rings.